The normalized spacial score (nSPS) is 19.1. The Morgan fingerprint density at radius 1 is 1.56 bits per heavy atom. The summed E-state index contributed by atoms with van der Waals surface area (Å²) in [4.78, 5) is 14.9. The van der Waals surface area contributed by atoms with E-state index < -0.39 is 0 Å². The van der Waals surface area contributed by atoms with Crippen LogP contribution in [0.4, 0.5) is 0 Å². The Balaban J connectivity index is 1.65. The first-order valence-corrected chi connectivity index (χ1v) is 6.83. The summed E-state index contributed by atoms with van der Waals surface area (Å²) in [6, 6.07) is 3.81. The van der Waals surface area contributed by atoms with Gasteiger partial charge in [0.25, 0.3) is 5.91 Å². The van der Waals surface area contributed by atoms with E-state index >= 15 is 0 Å². The average molecular weight is 250 g/mol. The van der Waals surface area contributed by atoms with Gasteiger partial charge in [0, 0.05) is 25.5 Å². The van der Waals surface area contributed by atoms with E-state index in [9.17, 15) is 4.79 Å². The summed E-state index contributed by atoms with van der Waals surface area (Å²) >= 11 is 0. The van der Waals surface area contributed by atoms with Gasteiger partial charge in [0.1, 0.15) is 5.69 Å². The van der Waals surface area contributed by atoms with Crippen LogP contribution in [0.5, 0.6) is 0 Å². The second-order valence-electron chi connectivity index (χ2n) is 4.88. The van der Waals surface area contributed by atoms with Crippen LogP contribution in [0.2, 0.25) is 0 Å². The molecule has 1 aromatic rings. The molecule has 0 aliphatic carbocycles. The highest BCUT2D eigenvalue weighted by atomic mass is 16.5. The molecule has 0 saturated carbocycles. The topological polar surface area (TPSA) is 54.1 Å². The number of carbonyl (C=O) groups is 1. The second kappa shape index (κ2) is 6.59. The van der Waals surface area contributed by atoms with Crippen LogP contribution in [-0.4, -0.2) is 30.6 Å². The first-order chi connectivity index (χ1) is 8.79. The lowest BCUT2D eigenvalue weighted by Gasteiger charge is -2.07. The standard InChI is InChI=1S/C14H22N2O2/c1-2-12-5-6-13(16-12)14(17)15-8-3-4-11-7-9-18-10-11/h5-6,11,16H,2-4,7-10H2,1H3,(H,15,17). The Morgan fingerprint density at radius 2 is 2.44 bits per heavy atom. The molecule has 2 N–H and O–H groups in total. The van der Waals surface area contributed by atoms with Crippen molar-refractivity contribution in [2.45, 2.75) is 32.6 Å². The Morgan fingerprint density at radius 3 is 3.11 bits per heavy atom. The minimum Gasteiger partial charge on any atom is -0.381 e. The number of nitrogens with one attached hydrogen (secondary N) is 2. The average Bonchev–Trinajstić information content (AvgIpc) is 3.05. The van der Waals surface area contributed by atoms with Gasteiger partial charge in [-0.2, -0.15) is 0 Å². The van der Waals surface area contributed by atoms with Crippen molar-refractivity contribution < 1.29 is 9.53 Å². The van der Waals surface area contributed by atoms with Crippen LogP contribution in [0.25, 0.3) is 0 Å². The van der Waals surface area contributed by atoms with Crippen molar-refractivity contribution in [3.8, 4) is 0 Å². The Labute approximate surface area is 108 Å². The second-order valence-corrected chi connectivity index (χ2v) is 4.88. The maximum absolute atomic E-state index is 11.8. The molecule has 0 aromatic carbocycles. The van der Waals surface area contributed by atoms with Crippen LogP contribution in [0.3, 0.4) is 0 Å². The molecule has 1 aliphatic heterocycles. The van der Waals surface area contributed by atoms with E-state index in [-0.39, 0.29) is 5.91 Å². The van der Waals surface area contributed by atoms with Crippen LogP contribution < -0.4 is 5.32 Å². The minimum absolute atomic E-state index is 0.00243. The molecule has 0 spiro atoms. The van der Waals surface area contributed by atoms with E-state index in [4.69, 9.17) is 4.74 Å². The molecule has 1 unspecified atom stereocenters. The van der Waals surface area contributed by atoms with Crippen molar-refractivity contribution in [2.75, 3.05) is 19.8 Å². The van der Waals surface area contributed by atoms with Crippen LogP contribution in [0, 0.1) is 5.92 Å². The lowest BCUT2D eigenvalue weighted by molar-refractivity contribution is 0.0948. The van der Waals surface area contributed by atoms with E-state index in [0.717, 1.165) is 44.7 Å². The highest BCUT2D eigenvalue weighted by Gasteiger charge is 2.15. The van der Waals surface area contributed by atoms with Crippen LogP contribution in [-0.2, 0) is 11.2 Å². The van der Waals surface area contributed by atoms with Crippen molar-refractivity contribution in [3.05, 3.63) is 23.5 Å². The van der Waals surface area contributed by atoms with Gasteiger partial charge in [0.2, 0.25) is 0 Å². The van der Waals surface area contributed by atoms with Crippen molar-refractivity contribution in [1.82, 2.24) is 10.3 Å². The number of hydrogen-bond acceptors (Lipinski definition) is 2. The Kier molecular flexibility index (Phi) is 4.81. The molecule has 4 heteroatoms. The van der Waals surface area contributed by atoms with E-state index in [1.807, 2.05) is 12.1 Å². The highest BCUT2D eigenvalue weighted by Crippen LogP contribution is 2.17. The molecule has 1 saturated heterocycles. The van der Waals surface area contributed by atoms with Crippen LogP contribution in [0.15, 0.2) is 12.1 Å². The van der Waals surface area contributed by atoms with Crippen LogP contribution in [0.1, 0.15) is 42.4 Å². The number of carbonyl (C=O) groups excluding carboxylic acids is 1. The zero-order valence-electron chi connectivity index (χ0n) is 11.0. The molecule has 1 amide bonds. The summed E-state index contributed by atoms with van der Waals surface area (Å²) in [5.41, 5.74) is 1.76. The first kappa shape index (κ1) is 13.1. The number of aromatic amines is 1. The molecular formula is C14H22N2O2. The molecule has 1 fully saturated rings. The number of ether oxygens (including phenoxy) is 1. The number of H-pyrrole nitrogens is 1. The van der Waals surface area contributed by atoms with Crippen molar-refractivity contribution in [3.63, 3.8) is 0 Å². The SMILES string of the molecule is CCc1ccc(C(=O)NCCCC2CCOC2)[nH]1. The lowest BCUT2D eigenvalue weighted by Crippen LogP contribution is -2.25. The smallest absolute Gasteiger partial charge is 0.267 e. The summed E-state index contributed by atoms with van der Waals surface area (Å²) in [6.45, 7) is 4.61. The van der Waals surface area contributed by atoms with Gasteiger partial charge in [-0.05, 0) is 43.7 Å². The molecule has 4 nitrogen and oxygen atoms in total. The van der Waals surface area contributed by atoms with E-state index in [1.165, 1.54) is 6.42 Å². The van der Waals surface area contributed by atoms with Crippen molar-refractivity contribution in [2.24, 2.45) is 5.92 Å². The highest BCUT2D eigenvalue weighted by molar-refractivity contribution is 5.92. The molecule has 2 heterocycles. The molecule has 1 aromatic heterocycles. The fraction of sp³-hybridized carbons (Fsp3) is 0.643. The monoisotopic (exact) mass is 250 g/mol. The van der Waals surface area contributed by atoms with E-state index in [2.05, 4.69) is 17.2 Å². The van der Waals surface area contributed by atoms with Crippen LogP contribution >= 0.6 is 0 Å². The molecule has 0 bridgehead atoms. The fourth-order valence-corrected chi connectivity index (χ4v) is 2.28. The Bertz CT molecular complexity index is 381. The largest absolute Gasteiger partial charge is 0.381 e. The van der Waals surface area contributed by atoms with Gasteiger partial charge in [-0.1, -0.05) is 6.92 Å². The molecule has 1 atom stereocenters. The number of aromatic nitrogens is 1. The number of aryl methyl sites for hydroxylation is 1. The van der Waals surface area contributed by atoms with Gasteiger partial charge in [-0.25, -0.2) is 0 Å². The third-order valence-electron chi connectivity index (χ3n) is 3.47. The summed E-state index contributed by atoms with van der Waals surface area (Å²) in [7, 11) is 0. The molecule has 2 rings (SSSR count). The van der Waals surface area contributed by atoms with Gasteiger partial charge < -0.3 is 15.0 Å². The predicted octanol–water partition coefficient (Wildman–Crippen LogP) is 2.12. The lowest BCUT2D eigenvalue weighted by atomic mass is 10.0. The summed E-state index contributed by atoms with van der Waals surface area (Å²) in [6.07, 6.45) is 4.27. The predicted molar refractivity (Wildman–Crippen MR) is 70.7 cm³/mol. The quantitative estimate of drug-likeness (QED) is 0.760. The zero-order valence-corrected chi connectivity index (χ0v) is 11.0. The maximum atomic E-state index is 11.8. The summed E-state index contributed by atoms with van der Waals surface area (Å²) in [5, 5.41) is 2.95. The molecular weight excluding hydrogens is 228 g/mol. The summed E-state index contributed by atoms with van der Waals surface area (Å²) in [5.74, 6) is 0.691. The molecule has 1 aliphatic rings. The number of rotatable bonds is 6. The third-order valence-corrected chi connectivity index (χ3v) is 3.47. The maximum Gasteiger partial charge on any atom is 0.267 e. The number of hydrogen-bond donors (Lipinski definition) is 2. The van der Waals surface area contributed by atoms with Gasteiger partial charge in [-0.3, -0.25) is 4.79 Å². The molecule has 100 valence electrons. The first-order valence-electron chi connectivity index (χ1n) is 6.83. The van der Waals surface area contributed by atoms with E-state index in [1.54, 1.807) is 0 Å². The number of amides is 1. The van der Waals surface area contributed by atoms with E-state index in [0.29, 0.717) is 11.6 Å². The Hall–Kier alpha value is -1.29. The van der Waals surface area contributed by atoms with Gasteiger partial charge in [-0.15, -0.1) is 0 Å². The van der Waals surface area contributed by atoms with Crippen molar-refractivity contribution in [1.29, 1.82) is 0 Å². The third kappa shape index (κ3) is 3.60. The van der Waals surface area contributed by atoms with Gasteiger partial charge in [0.05, 0.1) is 0 Å². The van der Waals surface area contributed by atoms with Gasteiger partial charge in [0.15, 0.2) is 0 Å². The zero-order chi connectivity index (χ0) is 12.8. The molecule has 0 radical (unpaired) electrons. The molecule has 18 heavy (non-hydrogen) atoms. The van der Waals surface area contributed by atoms with Crippen molar-refractivity contribution >= 4 is 5.91 Å². The fourth-order valence-electron chi connectivity index (χ4n) is 2.28. The minimum atomic E-state index is -0.00243. The summed E-state index contributed by atoms with van der Waals surface area (Å²) < 4.78 is 5.33. The van der Waals surface area contributed by atoms with Gasteiger partial charge >= 0.3 is 0 Å².